The van der Waals surface area contributed by atoms with E-state index < -0.39 is 17.2 Å². The van der Waals surface area contributed by atoms with Crippen molar-refractivity contribution >= 4 is 22.8 Å². The summed E-state index contributed by atoms with van der Waals surface area (Å²) in [6.07, 6.45) is 3.36. The number of aromatic nitrogens is 4. The van der Waals surface area contributed by atoms with Gasteiger partial charge < -0.3 is 9.88 Å². The van der Waals surface area contributed by atoms with E-state index in [0.29, 0.717) is 29.3 Å². The molecule has 0 unspecified atom stereocenters. The number of rotatable bonds is 9. The molecular formula is C27H31N5O3. The molecule has 2 aromatic heterocycles. The fraction of sp³-hybridized carbons (Fsp3) is 0.333. The highest BCUT2D eigenvalue weighted by Gasteiger charge is 2.20. The van der Waals surface area contributed by atoms with Gasteiger partial charge in [0.25, 0.3) is 5.56 Å². The number of nitrogens with one attached hydrogen (secondary N) is 1. The molecule has 0 radical (unpaired) electrons. The van der Waals surface area contributed by atoms with Gasteiger partial charge in [0.15, 0.2) is 11.2 Å². The lowest BCUT2D eigenvalue weighted by Gasteiger charge is -2.13. The number of carbonyl (C=O) groups is 1. The largest absolute Gasteiger partial charge is 0.333 e. The fourth-order valence-corrected chi connectivity index (χ4v) is 4.02. The number of benzene rings is 2. The minimum Gasteiger partial charge on any atom is -0.325 e. The molecule has 0 spiro atoms. The predicted molar refractivity (Wildman–Crippen MR) is 138 cm³/mol. The van der Waals surface area contributed by atoms with Gasteiger partial charge in [-0.15, -0.1) is 0 Å². The van der Waals surface area contributed by atoms with Crippen molar-refractivity contribution in [3.63, 3.8) is 0 Å². The molecule has 0 atom stereocenters. The summed E-state index contributed by atoms with van der Waals surface area (Å²) in [5, 5.41) is 2.79. The van der Waals surface area contributed by atoms with Gasteiger partial charge in [0.1, 0.15) is 6.54 Å². The van der Waals surface area contributed by atoms with Crippen molar-refractivity contribution in [2.24, 2.45) is 5.92 Å². The van der Waals surface area contributed by atoms with E-state index in [4.69, 9.17) is 0 Å². The Kier molecular flexibility index (Phi) is 7.29. The topological polar surface area (TPSA) is 90.9 Å². The first-order valence-electron chi connectivity index (χ1n) is 12.0. The SMILES string of the molecule is CCc1ccc(NC(=O)Cn2c(=O)c3c(ncn3CCC(C)C)n(Cc3ccccc3)c2=O)cc1. The van der Waals surface area contributed by atoms with E-state index in [1.807, 2.05) is 54.6 Å². The Balaban J connectivity index is 1.74. The lowest BCUT2D eigenvalue weighted by Crippen LogP contribution is -2.43. The lowest BCUT2D eigenvalue weighted by molar-refractivity contribution is -0.116. The first kappa shape index (κ1) is 24.2. The van der Waals surface area contributed by atoms with Gasteiger partial charge in [0, 0.05) is 12.2 Å². The molecule has 35 heavy (non-hydrogen) atoms. The van der Waals surface area contributed by atoms with Crippen LogP contribution < -0.4 is 16.6 Å². The maximum absolute atomic E-state index is 13.5. The number of amides is 1. The van der Waals surface area contributed by atoms with E-state index in [9.17, 15) is 14.4 Å². The van der Waals surface area contributed by atoms with E-state index in [1.165, 1.54) is 4.57 Å². The molecule has 2 aromatic carbocycles. The maximum Gasteiger partial charge on any atom is 0.333 e. The van der Waals surface area contributed by atoms with Crippen molar-refractivity contribution in [2.75, 3.05) is 5.32 Å². The third-order valence-electron chi connectivity index (χ3n) is 6.06. The summed E-state index contributed by atoms with van der Waals surface area (Å²) in [6, 6.07) is 17.0. The zero-order chi connectivity index (χ0) is 24.9. The zero-order valence-corrected chi connectivity index (χ0v) is 20.4. The van der Waals surface area contributed by atoms with Crippen molar-refractivity contribution < 1.29 is 4.79 Å². The summed E-state index contributed by atoms with van der Waals surface area (Å²) in [5.74, 6) is 0.00193. The van der Waals surface area contributed by atoms with Crippen molar-refractivity contribution in [3.05, 3.63) is 92.9 Å². The van der Waals surface area contributed by atoms with Crippen LogP contribution in [0.1, 0.15) is 38.3 Å². The van der Waals surface area contributed by atoms with Gasteiger partial charge in [0.05, 0.1) is 12.9 Å². The predicted octanol–water partition coefficient (Wildman–Crippen LogP) is 3.66. The Labute approximate surface area is 203 Å². The molecule has 4 rings (SSSR count). The van der Waals surface area contributed by atoms with Crippen molar-refractivity contribution in [2.45, 2.75) is 53.2 Å². The third kappa shape index (κ3) is 5.42. The summed E-state index contributed by atoms with van der Waals surface area (Å²) < 4.78 is 4.27. The van der Waals surface area contributed by atoms with E-state index in [1.54, 1.807) is 10.9 Å². The third-order valence-corrected chi connectivity index (χ3v) is 6.06. The molecule has 2 heterocycles. The molecule has 0 saturated heterocycles. The lowest BCUT2D eigenvalue weighted by atomic mass is 10.1. The Morgan fingerprint density at radius 3 is 2.34 bits per heavy atom. The molecule has 4 aromatic rings. The van der Waals surface area contributed by atoms with E-state index >= 15 is 0 Å². The second-order valence-electron chi connectivity index (χ2n) is 9.14. The molecule has 8 nitrogen and oxygen atoms in total. The van der Waals surface area contributed by atoms with Crippen LogP contribution >= 0.6 is 0 Å². The van der Waals surface area contributed by atoms with Crippen molar-refractivity contribution in [3.8, 4) is 0 Å². The normalized spacial score (nSPS) is 11.3. The molecule has 1 amide bonds. The van der Waals surface area contributed by atoms with Gasteiger partial charge in [-0.25, -0.2) is 14.3 Å². The number of hydrogen-bond donors (Lipinski definition) is 1. The van der Waals surface area contributed by atoms with E-state index in [2.05, 4.69) is 31.1 Å². The fourth-order valence-electron chi connectivity index (χ4n) is 4.02. The van der Waals surface area contributed by atoms with Gasteiger partial charge in [-0.1, -0.05) is 63.2 Å². The minimum atomic E-state index is -0.558. The first-order chi connectivity index (χ1) is 16.9. The number of fused-ring (bicyclic) bond motifs is 1. The van der Waals surface area contributed by atoms with Crippen LogP contribution in [0.5, 0.6) is 0 Å². The Morgan fingerprint density at radius 2 is 1.69 bits per heavy atom. The monoisotopic (exact) mass is 473 g/mol. The standard InChI is InChI=1S/C27H31N5O3/c1-4-20-10-12-22(13-11-20)29-23(33)17-32-26(34)24-25(28-18-30(24)15-14-19(2)3)31(27(32)35)16-21-8-6-5-7-9-21/h5-13,18-19H,4,14-17H2,1-3H3,(H,29,33). The van der Waals surface area contributed by atoms with Gasteiger partial charge in [0.2, 0.25) is 5.91 Å². The molecule has 0 aliphatic rings. The van der Waals surface area contributed by atoms with Crippen molar-refractivity contribution in [1.82, 2.24) is 18.7 Å². The van der Waals surface area contributed by atoms with Crippen LogP contribution in [0.25, 0.3) is 11.2 Å². The zero-order valence-electron chi connectivity index (χ0n) is 20.4. The highest BCUT2D eigenvalue weighted by Crippen LogP contribution is 2.13. The average Bonchev–Trinajstić information content (AvgIpc) is 3.28. The number of hydrogen-bond acceptors (Lipinski definition) is 4. The second-order valence-corrected chi connectivity index (χ2v) is 9.14. The quantitative estimate of drug-likeness (QED) is 0.402. The smallest absolute Gasteiger partial charge is 0.325 e. The number of aryl methyl sites for hydroxylation is 2. The molecule has 0 saturated carbocycles. The molecule has 8 heteroatoms. The van der Waals surface area contributed by atoms with E-state index in [-0.39, 0.29) is 13.1 Å². The Bertz CT molecular complexity index is 1430. The van der Waals surface area contributed by atoms with Gasteiger partial charge in [-0.05, 0) is 42.0 Å². The summed E-state index contributed by atoms with van der Waals surface area (Å²) >= 11 is 0. The van der Waals surface area contributed by atoms with Crippen LogP contribution in [0.2, 0.25) is 0 Å². The van der Waals surface area contributed by atoms with Crippen LogP contribution in [0.15, 0.2) is 70.5 Å². The minimum absolute atomic E-state index is 0.248. The van der Waals surface area contributed by atoms with Crippen LogP contribution in [0.4, 0.5) is 5.69 Å². The Morgan fingerprint density at radius 1 is 0.971 bits per heavy atom. The summed E-state index contributed by atoms with van der Waals surface area (Å²) in [7, 11) is 0. The van der Waals surface area contributed by atoms with Gasteiger partial charge in [-0.2, -0.15) is 0 Å². The average molecular weight is 474 g/mol. The highest BCUT2D eigenvalue weighted by atomic mass is 16.2. The Hall–Kier alpha value is -3.94. The van der Waals surface area contributed by atoms with Crippen LogP contribution in [0, 0.1) is 5.92 Å². The molecular weight excluding hydrogens is 442 g/mol. The van der Waals surface area contributed by atoms with Gasteiger partial charge in [-0.3, -0.25) is 14.2 Å². The number of anilines is 1. The number of nitrogens with zero attached hydrogens (tertiary/aromatic N) is 4. The van der Waals surface area contributed by atoms with Crippen molar-refractivity contribution in [1.29, 1.82) is 0 Å². The maximum atomic E-state index is 13.5. The van der Waals surface area contributed by atoms with Crippen LogP contribution in [0.3, 0.4) is 0 Å². The summed E-state index contributed by atoms with van der Waals surface area (Å²) in [4.78, 5) is 44.2. The molecule has 0 aliphatic carbocycles. The first-order valence-corrected chi connectivity index (χ1v) is 12.0. The summed E-state index contributed by atoms with van der Waals surface area (Å²) in [6.45, 7) is 6.75. The van der Waals surface area contributed by atoms with E-state index in [0.717, 1.165) is 28.5 Å². The molecule has 0 aliphatic heterocycles. The highest BCUT2D eigenvalue weighted by molar-refractivity contribution is 5.90. The second kappa shape index (κ2) is 10.5. The molecule has 0 fully saturated rings. The number of imidazole rings is 1. The van der Waals surface area contributed by atoms with Gasteiger partial charge >= 0.3 is 5.69 Å². The van der Waals surface area contributed by atoms with Crippen LogP contribution in [-0.4, -0.2) is 24.6 Å². The molecule has 182 valence electrons. The number of carbonyl (C=O) groups excluding carboxylic acids is 1. The summed E-state index contributed by atoms with van der Waals surface area (Å²) in [5.41, 5.74) is 2.28. The molecule has 1 N–H and O–H groups in total. The molecule has 0 bridgehead atoms. The van der Waals surface area contributed by atoms with Crippen LogP contribution in [-0.2, 0) is 30.8 Å².